The van der Waals surface area contributed by atoms with E-state index in [-0.39, 0.29) is 77.3 Å². The molecule has 3 atom stereocenters. The van der Waals surface area contributed by atoms with E-state index in [2.05, 4.69) is 128 Å². The number of carbonyl (C=O) groups excluding carboxylic acids is 5. The predicted molar refractivity (Wildman–Crippen MR) is 378 cm³/mol. The lowest BCUT2D eigenvalue weighted by Crippen LogP contribution is -2.29. The average Bonchev–Trinajstić information content (AvgIpc) is 1.80. The van der Waals surface area contributed by atoms with E-state index in [0.29, 0.717) is 36.0 Å². The van der Waals surface area contributed by atoms with Crippen LogP contribution in [0.3, 0.4) is 0 Å². The average molecular weight is 1560 g/mol. The maximum absolute atomic E-state index is 13.4. The van der Waals surface area contributed by atoms with Crippen molar-refractivity contribution in [1.29, 1.82) is 5.26 Å². The van der Waals surface area contributed by atoms with Gasteiger partial charge in [-0.15, -0.1) is 0 Å². The molecule has 0 fully saturated rings. The molecule has 7 N–H and O–H groups in total. The minimum Gasteiger partial charge on any atom is -0.411 e. The summed E-state index contributed by atoms with van der Waals surface area (Å²) in [5, 5.41) is 32.6. The highest BCUT2D eigenvalue weighted by molar-refractivity contribution is 9.11. The van der Waals surface area contributed by atoms with Crippen molar-refractivity contribution in [2.75, 3.05) is 0 Å². The number of Topliss-reactive ketones (excluding diaryl/α,β-unsaturated/α-hetero) is 1. The van der Waals surface area contributed by atoms with E-state index in [1.54, 1.807) is 50.2 Å². The van der Waals surface area contributed by atoms with Crippen LogP contribution in [0.5, 0.6) is 0 Å². The van der Waals surface area contributed by atoms with E-state index in [9.17, 15) is 38.0 Å². The Labute approximate surface area is 593 Å². The summed E-state index contributed by atoms with van der Waals surface area (Å²) in [6.45, 7) is 3.74. The number of rotatable bonds is 10. The molecular formula is C74H65Br4F2N11O6. The summed E-state index contributed by atoms with van der Waals surface area (Å²) < 4.78 is 31.2. The number of oxime groups is 1. The van der Waals surface area contributed by atoms with Gasteiger partial charge in [-0.25, -0.2) is 28.7 Å². The number of ketones is 1. The van der Waals surface area contributed by atoms with Gasteiger partial charge in [0.1, 0.15) is 47.1 Å². The molecule has 9 aromatic rings. The van der Waals surface area contributed by atoms with Gasteiger partial charge in [0.25, 0.3) is 23.6 Å². The molecule has 14 rings (SSSR count). The lowest BCUT2D eigenvalue weighted by atomic mass is 10.0. The highest BCUT2D eigenvalue weighted by Crippen LogP contribution is 2.38. The van der Waals surface area contributed by atoms with Gasteiger partial charge in [0.05, 0.1) is 29.4 Å². The molecule has 0 bridgehead atoms. The van der Waals surface area contributed by atoms with Gasteiger partial charge in [0.15, 0.2) is 5.78 Å². The van der Waals surface area contributed by atoms with Crippen LogP contribution in [-0.2, 0) is 45.2 Å². The molecule has 2 heterocycles. The quantitative estimate of drug-likeness (QED) is 0.0551. The Kier molecular flexibility index (Phi) is 23.9. The zero-order valence-corrected chi connectivity index (χ0v) is 59.0. The molecule has 5 aliphatic carbocycles. The first-order chi connectivity index (χ1) is 46.8. The smallest absolute Gasteiger partial charge is 0.270 e. The summed E-state index contributed by atoms with van der Waals surface area (Å²) in [4.78, 5) is 77.6. The van der Waals surface area contributed by atoms with Gasteiger partial charge < -0.3 is 32.2 Å². The molecule has 4 amide bonds. The van der Waals surface area contributed by atoms with Gasteiger partial charge >= 0.3 is 0 Å². The van der Waals surface area contributed by atoms with Gasteiger partial charge in [-0.2, -0.15) is 5.26 Å². The van der Waals surface area contributed by atoms with Crippen LogP contribution in [0.4, 0.5) is 8.78 Å². The summed E-state index contributed by atoms with van der Waals surface area (Å²) >= 11 is 14.0. The Morgan fingerprint density at radius 1 is 0.526 bits per heavy atom. The summed E-state index contributed by atoms with van der Waals surface area (Å²) in [6.07, 6.45) is 11.1. The van der Waals surface area contributed by atoms with Crippen LogP contribution in [0.1, 0.15) is 180 Å². The molecule has 0 radical (unpaired) electrons. The van der Waals surface area contributed by atoms with Crippen LogP contribution >= 0.6 is 63.7 Å². The monoisotopic (exact) mass is 1560 g/mol. The van der Waals surface area contributed by atoms with E-state index < -0.39 is 17.7 Å². The number of benzene rings is 7. The fraction of sp³-hybridized carbons (Fsp3) is 0.230. The summed E-state index contributed by atoms with van der Waals surface area (Å²) in [5.41, 5.74) is 21.5. The van der Waals surface area contributed by atoms with Gasteiger partial charge in [0.2, 0.25) is 0 Å². The highest BCUT2D eigenvalue weighted by Gasteiger charge is 2.29. The Morgan fingerprint density at radius 3 is 1.44 bits per heavy atom. The summed E-state index contributed by atoms with van der Waals surface area (Å²) in [7, 11) is 0. The van der Waals surface area contributed by atoms with Crippen LogP contribution in [0.25, 0.3) is 0 Å². The third-order valence-electron chi connectivity index (χ3n) is 17.3. The summed E-state index contributed by atoms with van der Waals surface area (Å²) in [6, 6.07) is 43.5. The Bertz CT molecular complexity index is 4590. The number of nitriles is 1. The Balaban J connectivity index is 0.000000143. The van der Waals surface area contributed by atoms with E-state index in [0.717, 1.165) is 103 Å². The standard InChI is InChI=1S/C24H20FN5O2.C23H20BrFN4O2.C9H8BrNO.C9H10BrN.C9H7BrO/c1-14-9-15(5-7-19(14)25)12-27-23(31)21-10-22(29-13-28-21)24(32)30-20-8-6-17-16(11-26)3-2-4-18(17)20;1-13-9-14(5-7-18(13)25)11-26-22(30)20-10-21(28-12-27-20)23(31)29-19-8-6-15-16(19)3-2-4-17(15)24;10-8-3-1-2-7-6(8)4-5-9(7)11-12;2*10-8-3-1-2-7-6(8)4-5-9(7)11/h2-5,7,9-10,13,20H,6,8,12H2,1H3,(H,27,31)(H,30,32);2-5,7,9-10,12,19H,6,8,11H2,1H3,(H,26,30)(H,29,31);1-3,12H,4-5H2;1-3,9H,4-5,11H2;1-3H,4-5H2/b;;11-9-;;. The third kappa shape index (κ3) is 17.4. The second kappa shape index (κ2) is 32.8. The molecule has 5 aliphatic rings. The molecule has 494 valence electrons. The number of fused-ring (bicyclic) bond motifs is 5. The number of nitrogens with two attached hydrogens (primary N) is 1. The minimum absolute atomic E-state index is 0.0579. The van der Waals surface area contributed by atoms with Crippen molar-refractivity contribution < 1.29 is 38.0 Å². The van der Waals surface area contributed by atoms with Crippen molar-refractivity contribution in [3.63, 3.8) is 0 Å². The number of hydrogen-bond donors (Lipinski definition) is 6. The zero-order chi connectivity index (χ0) is 68.9. The normalized spacial score (nSPS) is 15.9. The Hall–Kier alpha value is -9.05. The number of aromatic nitrogens is 4. The van der Waals surface area contributed by atoms with Crippen LogP contribution in [-0.4, -0.2) is 60.3 Å². The van der Waals surface area contributed by atoms with Crippen molar-refractivity contribution in [2.24, 2.45) is 10.9 Å². The molecule has 0 aliphatic heterocycles. The number of halogens is 6. The first-order valence-electron chi connectivity index (χ1n) is 31.2. The topological polar surface area (TPSA) is 267 Å². The summed E-state index contributed by atoms with van der Waals surface area (Å²) in [5.74, 6) is -2.00. The number of nitrogens with zero attached hydrogens (tertiary/aromatic N) is 6. The second-order valence-electron chi connectivity index (χ2n) is 23.5. The molecule has 97 heavy (non-hydrogen) atoms. The number of hydrogen-bond acceptors (Lipinski definition) is 13. The molecule has 7 aromatic carbocycles. The number of amides is 4. The first kappa shape index (κ1) is 70.7. The zero-order valence-electron chi connectivity index (χ0n) is 52.7. The fourth-order valence-electron chi connectivity index (χ4n) is 12.2. The molecule has 0 saturated heterocycles. The van der Waals surface area contributed by atoms with Crippen molar-refractivity contribution in [2.45, 2.75) is 109 Å². The lowest BCUT2D eigenvalue weighted by Gasteiger charge is -2.14. The third-order valence-corrected chi connectivity index (χ3v) is 20.2. The molecule has 0 saturated carbocycles. The molecule has 17 nitrogen and oxygen atoms in total. The molecule has 23 heteroatoms. The van der Waals surface area contributed by atoms with Gasteiger partial charge in [-0.3, -0.25) is 24.0 Å². The fourth-order valence-corrected chi connectivity index (χ4v) is 14.5. The predicted octanol–water partition coefficient (Wildman–Crippen LogP) is 14.7. The van der Waals surface area contributed by atoms with Crippen LogP contribution in [0, 0.1) is 36.8 Å². The Morgan fingerprint density at radius 2 is 0.948 bits per heavy atom. The van der Waals surface area contributed by atoms with Crippen molar-refractivity contribution in [1.82, 2.24) is 41.2 Å². The lowest BCUT2D eigenvalue weighted by molar-refractivity contribution is 0.0919. The second-order valence-corrected chi connectivity index (χ2v) is 26.9. The SMILES string of the molecule is Cc1cc(CNC(=O)c2cc(C(=O)NC3CCc4c(Br)cccc43)ncn2)ccc1F.Cc1cc(CNC(=O)c2cc(C(=O)NC3CCc4c(C#N)cccc43)ncn2)ccc1F.NC1CCc2c(Br)cccc21.O/N=C1/CCc2c(Br)cccc21.O=C1CCc2c(Br)cccc21. The van der Waals surface area contributed by atoms with Crippen molar-refractivity contribution in [3.05, 3.63) is 288 Å². The first-order valence-corrected chi connectivity index (χ1v) is 34.4. The van der Waals surface area contributed by atoms with Crippen LogP contribution < -0.4 is 27.0 Å². The molecule has 2 aromatic heterocycles. The highest BCUT2D eigenvalue weighted by atomic mass is 79.9. The van der Waals surface area contributed by atoms with E-state index in [1.165, 1.54) is 69.2 Å². The molecule has 3 unspecified atom stereocenters. The van der Waals surface area contributed by atoms with Crippen molar-refractivity contribution >= 4 is 98.8 Å². The van der Waals surface area contributed by atoms with Crippen molar-refractivity contribution in [3.8, 4) is 6.07 Å². The van der Waals surface area contributed by atoms with E-state index >= 15 is 0 Å². The maximum Gasteiger partial charge on any atom is 0.270 e. The van der Waals surface area contributed by atoms with Crippen LogP contribution in [0.15, 0.2) is 175 Å². The molecular weight excluding hydrogens is 1500 g/mol. The maximum atomic E-state index is 13.4. The van der Waals surface area contributed by atoms with Gasteiger partial charge in [-0.05, 0) is 181 Å². The van der Waals surface area contributed by atoms with E-state index in [1.807, 2.05) is 66.7 Å². The number of nitrogens with one attached hydrogen (secondary N) is 4. The van der Waals surface area contributed by atoms with Gasteiger partial charge in [0, 0.05) is 66.7 Å². The van der Waals surface area contributed by atoms with E-state index in [4.69, 9.17) is 10.9 Å². The minimum atomic E-state index is -0.465. The van der Waals surface area contributed by atoms with Crippen LogP contribution in [0.2, 0.25) is 0 Å². The molecule has 0 spiro atoms. The largest absolute Gasteiger partial charge is 0.411 e. The van der Waals surface area contributed by atoms with Gasteiger partial charge in [-0.1, -0.05) is 154 Å². The number of aryl methyl sites for hydroxylation is 2. The number of carbonyl (C=O) groups is 5.